The Morgan fingerprint density at radius 2 is 1.69 bits per heavy atom. The molecule has 2 fully saturated rings. The Balaban J connectivity index is 1.46. The van der Waals surface area contributed by atoms with E-state index < -0.39 is 11.9 Å². The molecule has 2 atom stereocenters. The minimum absolute atomic E-state index is 0.106. The fourth-order valence-corrected chi connectivity index (χ4v) is 3.82. The standard InChI is InChI=1S/C20H26N2O4/c23-18(22-11-1-2-12-22)10-5-14-3-8-17(9-4-14)21-19(24)15-6-7-16(13-15)20(25)26/h3-4,8-9,15-16H,1-2,5-7,10-13H2,(H,21,24)(H,25,26)/t15-,16+/m0/s1. The van der Waals surface area contributed by atoms with Crippen molar-refractivity contribution < 1.29 is 19.5 Å². The van der Waals surface area contributed by atoms with Gasteiger partial charge in [0, 0.05) is 31.1 Å². The Labute approximate surface area is 153 Å². The van der Waals surface area contributed by atoms with Gasteiger partial charge in [0.05, 0.1) is 5.92 Å². The number of rotatable bonds is 6. The third-order valence-corrected chi connectivity index (χ3v) is 5.46. The lowest BCUT2D eigenvalue weighted by Gasteiger charge is -2.15. The minimum atomic E-state index is -0.812. The van der Waals surface area contributed by atoms with Crippen LogP contribution >= 0.6 is 0 Å². The molecule has 2 N–H and O–H groups in total. The van der Waals surface area contributed by atoms with Gasteiger partial charge in [-0.05, 0) is 56.2 Å². The van der Waals surface area contributed by atoms with Crippen molar-refractivity contribution in [3.63, 3.8) is 0 Å². The number of carbonyl (C=O) groups excluding carboxylic acids is 2. The maximum Gasteiger partial charge on any atom is 0.306 e. The summed E-state index contributed by atoms with van der Waals surface area (Å²) in [6.07, 6.45) is 5.04. The predicted molar refractivity (Wildman–Crippen MR) is 97.7 cm³/mol. The molecule has 1 aromatic rings. The number of hydrogen-bond acceptors (Lipinski definition) is 3. The molecule has 0 spiro atoms. The summed E-state index contributed by atoms with van der Waals surface area (Å²) in [4.78, 5) is 37.3. The topological polar surface area (TPSA) is 86.7 Å². The van der Waals surface area contributed by atoms with Crippen molar-refractivity contribution in [2.24, 2.45) is 11.8 Å². The van der Waals surface area contributed by atoms with E-state index in [0.717, 1.165) is 31.5 Å². The van der Waals surface area contributed by atoms with E-state index in [9.17, 15) is 14.4 Å². The number of anilines is 1. The van der Waals surface area contributed by atoms with Crippen LogP contribution in [-0.4, -0.2) is 40.9 Å². The zero-order chi connectivity index (χ0) is 18.5. The van der Waals surface area contributed by atoms with Crippen molar-refractivity contribution in [1.82, 2.24) is 4.90 Å². The van der Waals surface area contributed by atoms with Gasteiger partial charge >= 0.3 is 5.97 Å². The third kappa shape index (κ3) is 4.62. The van der Waals surface area contributed by atoms with Gasteiger partial charge in [-0.1, -0.05) is 12.1 Å². The quantitative estimate of drug-likeness (QED) is 0.818. The fourth-order valence-electron chi connectivity index (χ4n) is 3.82. The monoisotopic (exact) mass is 358 g/mol. The van der Waals surface area contributed by atoms with Gasteiger partial charge in [0.1, 0.15) is 0 Å². The van der Waals surface area contributed by atoms with Gasteiger partial charge < -0.3 is 15.3 Å². The molecule has 0 bridgehead atoms. The zero-order valence-electron chi connectivity index (χ0n) is 14.9. The van der Waals surface area contributed by atoms with Crippen LogP contribution in [0, 0.1) is 11.8 Å². The summed E-state index contributed by atoms with van der Waals surface area (Å²) in [5.74, 6) is -1.33. The second kappa shape index (κ2) is 8.34. The summed E-state index contributed by atoms with van der Waals surface area (Å²) < 4.78 is 0. The first kappa shape index (κ1) is 18.4. The molecule has 140 valence electrons. The van der Waals surface area contributed by atoms with Crippen molar-refractivity contribution >= 4 is 23.5 Å². The molecular weight excluding hydrogens is 332 g/mol. The highest BCUT2D eigenvalue weighted by molar-refractivity contribution is 5.93. The van der Waals surface area contributed by atoms with Crippen LogP contribution in [0.25, 0.3) is 0 Å². The van der Waals surface area contributed by atoms with E-state index in [1.165, 1.54) is 0 Å². The minimum Gasteiger partial charge on any atom is -0.481 e. The van der Waals surface area contributed by atoms with Gasteiger partial charge in [-0.15, -0.1) is 0 Å². The number of hydrogen-bond donors (Lipinski definition) is 2. The van der Waals surface area contributed by atoms with Crippen LogP contribution in [0.5, 0.6) is 0 Å². The van der Waals surface area contributed by atoms with Crippen LogP contribution in [-0.2, 0) is 20.8 Å². The Morgan fingerprint density at radius 1 is 1.04 bits per heavy atom. The van der Waals surface area contributed by atoms with Crippen molar-refractivity contribution in [2.45, 2.75) is 44.9 Å². The number of nitrogens with one attached hydrogen (secondary N) is 1. The highest BCUT2D eigenvalue weighted by Crippen LogP contribution is 2.31. The predicted octanol–water partition coefficient (Wildman–Crippen LogP) is 2.68. The third-order valence-electron chi connectivity index (χ3n) is 5.46. The van der Waals surface area contributed by atoms with E-state index in [1.807, 2.05) is 29.2 Å². The number of aryl methyl sites for hydroxylation is 1. The number of aliphatic carboxylic acids is 1. The number of benzene rings is 1. The van der Waals surface area contributed by atoms with E-state index in [4.69, 9.17) is 5.11 Å². The van der Waals surface area contributed by atoms with E-state index >= 15 is 0 Å². The highest BCUT2D eigenvalue weighted by atomic mass is 16.4. The second-order valence-corrected chi connectivity index (χ2v) is 7.32. The lowest BCUT2D eigenvalue weighted by molar-refractivity contribution is -0.141. The molecule has 26 heavy (non-hydrogen) atoms. The fraction of sp³-hybridized carbons (Fsp3) is 0.550. The number of nitrogens with zero attached hydrogens (tertiary/aromatic N) is 1. The summed E-state index contributed by atoms with van der Waals surface area (Å²) in [5, 5.41) is 11.9. The van der Waals surface area contributed by atoms with E-state index in [2.05, 4.69) is 5.32 Å². The summed E-state index contributed by atoms with van der Waals surface area (Å²) in [6, 6.07) is 7.55. The number of carbonyl (C=O) groups is 3. The number of carboxylic acid groups (broad SMARTS) is 1. The Hall–Kier alpha value is -2.37. The summed E-state index contributed by atoms with van der Waals surface area (Å²) >= 11 is 0. The van der Waals surface area contributed by atoms with Gasteiger partial charge in [0.25, 0.3) is 0 Å². The average Bonchev–Trinajstić information content (AvgIpc) is 3.32. The van der Waals surface area contributed by atoms with Crippen LogP contribution in [0.4, 0.5) is 5.69 Å². The lowest BCUT2D eigenvalue weighted by Crippen LogP contribution is -2.27. The molecule has 6 nitrogen and oxygen atoms in total. The van der Waals surface area contributed by atoms with Gasteiger partial charge in [0.15, 0.2) is 0 Å². The molecule has 1 aliphatic carbocycles. The zero-order valence-corrected chi connectivity index (χ0v) is 14.9. The molecule has 1 heterocycles. The Kier molecular flexibility index (Phi) is 5.91. The normalized spacial score (nSPS) is 22.4. The van der Waals surface area contributed by atoms with Crippen LogP contribution in [0.2, 0.25) is 0 Å². The lowest BCUT2D eigenvalue weighted by atomic mass is 10.0. The van der Waals surface area contributed by atoms with Crippen molar-refractivity contribution in [3.05, 3.63) is 29.8 Å². The Morgan fingerprint density at radius 3 is 2.31 bits per heavy atom. The van der Waals surface area contributed by atoms with Crippen LogP contribution in [0.3, 0.4) is 0 Å². The highest BCUT2D eigenvalue weighted by Gasteiger charge is 2.33. The molecule has 2 amide bonds. The van der Waals surface area contributed by atoms with Gasteiger partial charge in [-0.25, -0.2) is 0 Å². The van der Waals surface area contributed by atoms with Crippen LogP contribution in [0.1, 0.15) is 44.1 Å². The van der Waals surface area contributed by atoms with Crippen LogP contribution < -0.4 is 5.32 Å². The molecule has 3 rings (SSSR count). The summed E-state index contributed by atoms with van der Waals surface area (Å²) in [7, 11) is 0. The van der Waals surface area contributed by atoms with Crippen molar-refractivity contribution in [1.29, 1.82) is 0 Å². The van der Waals surface area contributed by atoms with Crippen molar-refractivity contribution in [2.75, 3.05) is 18.4 Å². The molecule has 6 heteroatoms. The molecule has 2 aliphatic rings. The molecular formula is C20H26N2O4. The smallest absolute Gasteiger partial charge is 0.306 e. The van der Waals surface area contributed by atoms with Gasteiger partial charge in [-0.2, -0.15) is 0 Å². The first-order chi connectivity index (χ1) is 12.5. The van der Waals surface area contributed by atoms with E-state index in [0.29, 0.717) is 37.8 Å². The summed E-state index contributed by atoms with van der Waals surface area (Å²) in [5.41, 5.74) is 1.78. The molecule has 0 unspecified atom stereocenters. The second-order valence-electron chi connectivity index (χ2n) is 7.32. The summed E-state index contributed by atoms with van der Waals surface area (Å²) in [6.45, 7) is 1.77. The number of likely N-dealkylation sites (tertiary alicyclic amines) is 1. The number of carboxylic acids is 1. The maximum absolute atomic E-state index is 12.3. The molecule has 1 aliphatic heterocycles. The maximum atomic E-state index is 12.3. The number of amides is 2. The van der Waals surface area contributed by atoms with Gasteiger partial charge in [0.2, 0.25) is 11.8 Å². The first-order valence-electron chi connectivity index (χ1n) is 9.43. The van der Waals surface area contributed by atoms with E-state index in [-0.39, 0.29) is 17.7 Å². The average molecular weight is 358 g/mol. The molecule has 1 aromatic carbocycles. The van der Waals surface area contributed by atoms with E-state index in [1.54, 1.807) is 0 Å². The SMILES string of the molecule is O=C(O)[C@@H]1CC[C@H](C(=O)Nc2ccc(CCC(=O)N3CCCC3)cc2)C1. The van der Waals surface area contributed by atoms with Crippen molar-refractivity contribution in [3.8, 4) is 0 Å². The molecule has 0 aromatic heterocycles. The first-order valence-corrected chi connectivity index (χ1v) is 9.43. The molecule has 1 saturated heterocycles. The van der Waals surface area contributed by atoms with Crippen LogP contribution in [0.15, 0.2) is 24.3 Å². The Bertz CT molecular complexity index is 665. The molecule has 1 saturated carbocycles. The molecule has 0 radical (unpaired) electrons. The largest absolute Gasteiger partial charge is 0.481 e. The van der Waals surface area contributed by atoms with Gasteiger partial charge in [-0.3, -0.25) is 14.4 Å².